The van der Waals surface area contributed by atoms with E-state index in [2.05, 4.69) is 15.3 Å². The van der Waals surface area contributed by atoms with E-state index in [0.717, 1.165) is 23.1 Å². The molecule has 0 aliphatic rings. The number of thiazole rings is 1. The zero-order chi connectivity index (χ0) is 19.7. The SMILES string of the molecule is O=C(Nc1ncc([N+](=O)[O-])s1)c1nc(-c2ccccc2)c2ccccc2c1O. The van der Waals surface area contributed by atoms with Gasteiger partial charge in [-0.25, -0.2) is 9.97 Å². The fraction of sp³-hybridized carbons (Fsp3) is 0. The summed E-state index contributed by atoms with van der Waals surface area (Å²) in [5.41, 5.74) is 1.15. The van der Waals surface area contributed by atoms with Gasteiger partial charge in [0.1, 0.15) is 6.20 Å². The number of pyridine rings is 1. The van der Waals surface area contributed by atoms with Crippen molar-refractivity contribution in [1.29, 1.82) is 0 Å². The minimum atomic E-state index is -0.704. The smallest absolute Gasteiger partial charge is 0.345 e. The van der Waals surface area contributed by atoms with Gasteiger partial charge >= 0.3 is 5.00 Å². The van der Waals surface area contributed by atoms with E-state index in [-0.39, 0.29) is 21.6 Å². The number of hydrogen-bond acceptors (Lipinski definition) is 7. The number of rotatable bonds is 4. The Balaban J connectivity index is 1.81. The molecule has 9 heteroatoms. The number of amides is 1. The van der Waals surface area contributed by atoms with Crippen molar-refractivity contribution in [3.8, 4) is 17.0 Å². The van der Waals surface area contributed by atoms with Gasteiger partial charge in [0.05, 0.1) is 10.6 Å². The number of anilines is 1. The Hall–Kier alpha value is -3.85. The van der Waals surface area contributed by atoms with Crippen LogP contribution in [0.1, 0.15) is 10.5 Å². The molecule has 138 valence electrons. The van der Waals surface area contributed by atoms with Crippen LogP contribution in [0, 0.1) is 10.1 Å². The lowest BCUT2D eigenvalue weighted by Gasteiger charge is -2.12. The van der Waals surface area contributed by atoms with Gasteiger partial charge in [0.2, 0.25) is 0 Å². The van der Waals surface area contributed by atoms with Gasteiger partial charge in [-0.1, -0.05) is 54.6 Å². The molecule has 0 fully saturated rings. The van der Waals surface area contributed by atoms with Gasteiger partial charge in [-0.2, -0.15) is 0 Å². The van der Waals surface area contributed by atoms with E-state index in [9.17, 15) is 20.0 Å². The molecule has 0 spiro atoms. The molecular weight excluding hydrogens is 380 g/mol. The third-order valence-electron chi connectivity index (χ3n) is 4.04. The summed E-state index contributed by atoms with van der Waals surface area (Å²) in [6.45, 7) is 0. The Labute approximate surface area is 162 Å². The molecule has 2 heterocycles. The molecule has 2 N–H and O–H groups in total. The van der Waals surface area contributed by atoms with Crippen molar-refractivity contribution in [2.24, 2.45) is 0 Å². The molecule has 8 nitrogen and oxygen atoms in total. The number of nitrogens with zero attached hydrogens (tertiary/aromatic N) is 3. The number of fused-ring (bicyclic) bond motifs is 1. The third kappa shape index (κ3) is 3.14. The molecule has 1 amide bonds. The monoisotopic (exact) mass is 392 g/mol. The standard InChI is InChI=1S/C19H12N4O4S/c24-17-13-9-5-4-8-12(13)15(11-6-2-1-3-7-11)21-16(17)18(25)22-19-20-10-14(28-19)23(26)27/h1-10,24H,(H,20,22,25). The second-order valence-corrected chi connectivity index (χ2v) is 6.79. The topological polar surface area (TPSA) is 118 Å². The average Bonchev–Trinajstić information content (AvgIpc) is 3.18. The molecular formula is C19H12N4O4S. The summed E-state index contributed by atoms with van der Waals surface area (Å²) >= 11 is 0.722. The zero-order valence-corrected chi connectivity index (χ0v) is 15.0. The predicted octanol–water partition coefficient (Wildman–Crippen LogP) is 4.22. The molecule has 4 rings (SSSR count). The summed E-state index contributed by atoms with van der Waals surface area (Å²) in [5, 5.41) is 24.9. The molecule has 0 radical (unpaired) electrons. The average molecular weight is 392 g/mol. The van der Waals surface area contributed by atoms with Gasteiger partial charge in [0.25, 0.3) is 5.91 Å². The molecule has 4 aromatic rings. The Bertz CT molecular complexity index is 1210. The number of hydrogen-bond donors (Lipinski definition) is 2. The maximum Gasteiger partial charge on any atom is 0.345 e. The van der Waals surface area contributed by atoms with Gasteiger partial charge in [-0.05, 0) is 11.3 Å². The molecule has 0 unspecified atom stereocenters. The molecule has 0 atom stereocenters. The van der Waals surface area contributed by atoms with Crippen LogP contribution in [0.2, 0.25) is 0 Å². The van der Waals surface area contributed by atoms with Crippen LogP contribution >= 0.6 is 11.3 Å². The van der Waals surface area contributed by atoms with Crippen LogP contribution in [-0.2, 0) is 0 Å². The first-order valence-electron chi connectivity index (χ1n) is 8.13. The van der Waals surface area contributed by atoms with E-state index >= 15 is 0 Å². The number of benzene rings is 2. The first-order valence-corrected chi connectivity index (χ1v) is 8.95. The number of nitrogens with one attached hydrogen (secondary N) is 1. The van der Waals surface area contributed by atoms with E-state index in [0.29, 0.717) is 16.5 Å². The summed E-state index contributed by atoms with van der Waals surface area (Å²) in [7, 11) is 0. The number of nitro groups is 1. The highest BCUT2D eigenvalue weighted by molar-refractivity contribution is 7.18. The van der Waals surface area contributed by atoms with Crippen LogP contribution in [0.3, 0.4) is 0 Å². The maximum atomic E-state index is 12.7. The van der Waals surface area contributed by atoms with Gasteiger partial charge in [0, 0.05) is 16.3 Å². The fourth-order valence-corrected chi connectivity index (χ4v) is 3.41. The number of aromatic nitrogens is 2. The molecule has 0 aliphatic carbocycles. The molecule has 0 aliphatic heterocycles. The highest BCUT2D eigenvalue weighted by atomic mass is 32.1. The summed E-state index contributed by atoms with van der Waals surface area (Å²) in [6.07, 6.45) is 1.06. The van der Waals surface area contributed by atoms with Gasteiger partial charge in [-0.3, -0.25) is 20.2 Å². The van der Waals surface area contributed by atoms with Crippen LogP contribution in [0.4, 0.5) is 10.1 Å². The van der Waals surface area contributed by atoms with Crippen LogP contribution in [-0.4, -0.2) is 25.9 Å². The Kier molecular flexibility index (Phi) is 4.42. The van der Waals surface area contributed by atoms with Crippen molar-refractivity contribution in [3.63, 3.8) is 0 Å². The summed E-state index contributed by atoms with van der Waals surface area (Å²) in [5.74, 6) is -0.969. The van der Waals surface area contributed by atoms with E-state index in [1.807, 2.05) is 42.5 Å². The lowest BCUT2D eigenvalue weighted by Crippen LogP contribution is -2.14. The van der Waals surface area contributed by atoms with Gasteiger partial charge < -0.3 is 5.11 Å². The van der Waals surface area contributed by atoms with Crippen molar-refractivity contribution < 1.29 is 14.8 Å². The lowest BCUT2D eigenvalue weighted by atomic mass is 10.0. The highest BCUT2D eigenvalue weighted by Gasteiger charge is 2.21. The van der Waals surface area contributed by atoms with Crippen LogP contribution < -0.4 is 5.32 Å². The Morgan fingerprint density at radius 1 is 1.07 bits per heavy atom. The first kappa shape index (κ1) is 17.6. The first-order chi connectivity index (χ1) is 13.5. The number of carbonyl (C=O) groups is 1. The van der Waals surface area contributed by atoms with E-state index in [1.165, 1.54) is 0 Å². The van der Waals surface area contributed by atoms with E-state index in [1.54, 1.807) is 12.1 Å². The normalized spacial score (nSPS) is 10.7. The minimum Gasteiger partial charge on any atom is -0.505 e. The fourth-order valence-electron chi connectivity index (χ4n) is 2.79. The summed E-state index contributed by atoms with van der Waals surface area (Å²) in [6, 6.07) is 16.4. The number of aromatic hydroxyl groups is 1. The molecule has 2 aromatic heterocycles. The van der Waals surface area contributed by atoms with Crippen molar-refractivity contribution in [2.75, 3.05) is 5.32 Å². The van der Waals surface area contributed by atoms with Gasteiger partial charge in [0.15, 0.2) is 16.6 Å². The Morgan fingerprint density at radius 3 is 2.43 bits per heavy atom. The molecule has 0 bridgehead atoms. The quantitative estimate of drug-likeness (QED) is 0.396. The van der Waals surface area contributed by atoms with Gasteiger partial charge in [-0.15, -0.1) is 0 Å². The van der Waals surface area contributed by atoms with Crippen molar-refractivity contribution in [3.05, 3.63) is 76.6 Å². The molecule has 28 heavy (non-hydrogen) atoms. The van der Waals surface area contributed by atoms with Crippen molar-refractivity contribution in [1.82, 2.24) is 9.97 Å². The molecule has 0 saturated carbocycles. The maximum absolute atomic E-state index is 12.7. The molecule has 0 saturated heterocycles. The largest absolute Gasteiger partial charge is 0.505 e. The van der Waals surface area contributed by atoms with Crippen molar-refractivity contribution in [2.45, 2.75) is 0 Å². The lowest BCUT2D eigenvalue weighted by molar-refractivity contribution is -0.380. The van der Waals surface area contributed by atoms with Crippen LogP contribution in [0.5, 0.6) is 5.75 Å². The van der Waals surface area contributed by atoms with Crippen LogP contribution in [0.15, 0.2) is 60.8 Å². The van der Waals surface area contributed by atoms with Crippen molar-refractivity contribution >= 4 is 38.1 Å². The van der Waals surface area contributed by atoms with E-state index < -0.39 is 10.8 Å². The second-order valence-electron chi connectivity index (χ2n) is 5.78. The summed E-state index contributed by atoms with van der Waals surface area (Å²) < 4.78 is 0. The van der Waals surface area contributed by atoms with Crippen LogP contribution in [0.25, 0.3) is 22.0 Å². The summed E-state index contributed by atoms with van der Waals surface area (Å²) in [4.78, 5) is 31.1. The predicted molar refractivity (Wildman–Crippen MR) is 106 cm³/mol. The minimum absolute atomic E-state index is 0.0484. The second kappa shape index (κ2) is 7.05. The molecule has 2 aromatic carbocycles. The zero-order valence-electron chi connectivity index (χ0n) is 14.2. The van der Waals surface area contributed by atoms with E-state index in [4.69, 9.17) is 0 Å². The Morgan fingerprint density at radius 2 is 1.75 bits per heavy atom. The third-order valence-corrected chi connectivity index (χ3v) is 4.91. The number of carbonyl (C=O) groups excluding carboxylic acids is 1. The highest BCUT2D eigenvalue weighted by Crippen LogP contribution is 2.35.